The molecule has 1 aromatic heterocycles. The van der Waals surface area contributed by atoms with Gasteiger partial charge >= 0.3 is 6.03 Å². The molecule has 0 unspecified atom stereocenters. The van der Waals surface area contributed by atoms with E-state index in [-0.39, 0.29) is 6.03 Å². The highest BCUT2D eigenvalue weighted by Gasteiger charge is 2.00. The summed E-state index contributed by atoms with van der Waals surface area (Å²) in [5.74, 6) is 0. The van der Waals surface area contributed by atoms with Crippen molar-refractivity contribution in [3.05, 3.63) is 29.0 Å². The summed E-state index contributed by atoms with van der Waals surface area (Å²) in [6, 6.07) is 3.28. The van der Waals surface area contributed by atoms with Crippen LogP contribution in [0, 0.1) is 0 Å². The van der Waals surface area contributed by atoms with Crippen LogP contribution >= 0.6 is 11.6 Å². The third-order valence-electron chi connectivity index (χ3n) is 2.27. The fraction of sp³-hybridized carbons (Fsp3) is 0.500. The second-order valence-corrected chi connectivity index (χ2v) is 4.22. The Bertz CT molecular complexity index is 357. The van der Waals surface area contributed by atoms with E-state index < -0.39 is 0 Å². The number of nitrogens with one attached hydrogen (secondary N) is 2. The Kier molecular flexibility index (Phi) is 6.40. The van der Waals surface area contributed by atoms with Crippen LogP contribution in [0.1, 0.15) is 31.9 Å². The number of aromatic nitrogens is 1. The van der Waals surface area contributed by atoms with Gasteiger partial charge in [-0.3, -0.25) is 4.98 Å². The third-order valence-corrected chi connectivity index (χ3v) is 2.51. The quantitative estimate of drug-likeness (QED) is 0.768. The first-order chi connectivity index (χ1) is 8.22. The number of unbranched alkanes of at least 4 members (excludes halogenated alkanes) is 2. The largest absolute Gasteiger partial charge is 0.338 e. The molecule has 0 aromatic carbocycles. The van der Waals surface area contributed by atoms with Crippen LogP contribution in [0.25, 0.3) is 0 Å². The lowest BCUT2D eigenvalue weighted by Crippen LogP contribution is -2.35. The number of carbonyl (C=O) groups is 1. The second-order valence-electron chi connectivity index (χ2n) is 3.78. The molecule has 2 amide bonds. The molecule has 1 heterocycles. The van der Waals surface area contributed by atoms with Crippen molar-refractivity contribution in [2.24, 2.45) is 0 Å². The summed E-state index contributed by atoms with van der Waals surface area (Å²) in [7, 11) is 0. The topological polar surface area (TPSA) is 54.0 Å². The van der Waals surface area contributed by atoms with Gasteiger partial charge in [0.2, 0.25) is 0 Å². The maximum Gasteiger partial charge on any atom is 0.315 e. The van der Waals surface area contributed by atoms with Crippen molar-refractivity contribution in [3.63, 3.8) is 0 Å². The summed E-state index contributed by atoms with van der Waals surface area (Å²) in [5, 5.41) is 6.15. The Morgan fingerprint density at radius 1 is 1.41 bits per heavy atom. The number of pyridine rings is 1. The lowest BCUT2D eigenvalue weighted by molar-refractivity contribution is 0.240. The average molecular weight is 256 g/mol. The highest BCUT2D eigenvalue weighted by Crippen LogP contribution is 2.07. The van der Waals surface area contributed by atoms with Crippen molar-refractivity contribution >= 4 is 17.6 Å². The molecular formula is C12H18ClN3O. The van der Waals surface area contributed by atoms with E-state index in [2.05, 4.69) is 22.5 Å². The minimum Gasteiger partial charge on any atom is -0.338 e. The zero-order chi connectivity index (χ0) is 12.5. The fourth-order valence-corrected chi connectivity index (χ4v) is 1.54. The molecule has 0 aliphatic rings. The van der Waals surface area contributed by atoms with Crippen LogP contribution in [-0.2, 0) is 6.54 Å². The van der Waals surface area contributed by atoms with Crippen molar-refractivity contribution < 1.29 is 4.79 Å². The number of urea groups is 1. The predicted octanol–water partition coefficient (Wildman–Crippen LogP) is 2.72. The Morgan fingerprint density at radius 3 is 2.94 bits per heavy atom. The molecule has 0 aliphatic heterocycles. The van der Waals surface area contributed by atoms with Gasteiger partial charge in [0.25, 0.3) is 0 Å². The summed E-state index contributed by atoms with van der Waals surface area (Å²) in [4.78, 5) is 15.5. The number of hydrogen-bond donors (Lipinski definition) is 2. The maximum absolute atomic E-state index is 11.4. The molecule has 0 saturated carbocycles. The van der Waals surface area contributed by atoms with E-state index in [9.17, 15) is 4.79 Å². The van der Waals surface area contributed by atoms with Gasteiger partial charge in [-0.25, -0.2) is 4.79 Å². The zero-order valence-electron chi connectivity index (χ0n) is 10.0. The van der Waals surface area contributed by atoms with Gasteiger partial charge in [0.1, 0.15) is 0 Å². The second kappa shape index (κ2) is 7.90. The first kappa shape index (κ1) is 13.8. The lowest BCUT2D eigenvalue weighted by Gasteiger charge is -2.07. The molecule has 0 fully saturated rings. The molecule has 0 saturated heterocycles. The number of carbonyl (C=O) groups excluding carboxylic acids is 1. The molecule has 17 heavy (non-hydrogen) atoms. The van der Waals surface area contributed by atoms with Gasteiger partial charge in [-0.1, -0.05) is 31.4 Å². The fourth-order valence-electron chi connectivity index (χ4n) is 1.36. The van der Waals surface area contributed by atoms with E-state index in [1.54, 1.807) is 18.3 Å². The van der Waals surface area contributed by atoms with Crippen molar-refractivity contribution in [3.8, 4) is 0 Å². The van der Waals surface area contributed by atoms with Crippen molar-refractivity contribution in [1.82, 2.24) is 15.6 Å². The van der Waals surface area contributed by atoms with Crippen LogP contribution in [0.3, 0.4) is 0 Å². The molecule has 1 rings (SSSR count). The van der Waals surface area contributed by atoms with Crippen LogP contribution in [-0.4, -0.2) is 17.6 Å². The molecule has 4 nitrogen and oxygen atoms in total. The van der Waals surface area contributed by atoms with Crippen LogP contribution in [0.4, 0.5) is 4.79 Å². The first-order valence-electron chi connectivity index (χ1n) is 5.84. The normalized spacial score (nSPS) is 10.0. The smallest absolute Gasteiger partial charge is 0.315 e. The van der Waals surface area contributed by atoms with Gasteiger partial charge in [0, 0.05) is 17.8 Å². The zero-order valence-corrected chi connectivity index (χ0v) is 10.8. The van der Waals surface area contributed by atoms with Gasteiger partial charge in [0.15, 0.2) is 0 Å². The Balaban J connectivity index is 2.19. The van der Waals surface area contributed by atoms with Crippen molar-refractivity contribution in [1.29, 1.82) is 0 Å². The molecule has 0 atom stereocenters. The summed E-state index contributed by atoms with van der Waals surface area (Å²) < 4.78 is 0. The van der Waals surface area contributed by atoms with Crippen LogP contribution in [0.15, 0.2) is 18.3 Å². The van der Waals surface area contributed by atoms with Crippen LogP contribution in [0.5, 0.6) is 0 Å². The summed E-state index contributed by atoms with van der Waals surface area (Å²) >= 11 is 5.81. The van der Waals surface area contributed by atoms with E-state index in [0.29, 0.717) is 18.1 Å². The molecule has 1 aromatic rings. The van der Waals surface area contributed by atoms with Gasteiger partial charge in [-0.05, 0) is 18.6 Å². The highest BCUT2D eigenvalue weighted by atomic mass is 35.5. The average Bonchev–Trinajstić information content (AvgIpc) is 2.32. The highest BCUT2D eigenvalue weighted by molar-refractivity contribution is 6.30. The van der Waals surface area contributed by atoms with Gasteiger partial charge < -0.3 is 10.6 Å². The van der Waals surface area contributed by atoms with Gasteiger partial charge in [-0.15, -0.1) is 0 Å². The maximum atomic E-state index is 11.4. The molecule has 0 aliphatic carbocycles. The Hall–Kier alpha value is -1.29. The Morgan fingerprint density at radius 2 is 2.24 bits per heavy atom. The third kappa shape index (κ3) is 6.12. The van der Waals surface area contributed by atoms with E-state index >= 15 is 0 Å². The number of rotatable bonds is 6. The van der Waals surface area contributed by atoms with Gasteiger partial charge in [0.05, 0.1) is 12.2 Å². The Labute approximate surface area is 107 Å². The van der Waals surface area contributed by atoms with Crippen molar-refractivity contribution in [2.75, 3.05) is 6.54 Å². The standard InChI is InChI=1S/C12H18ClN3O/c1-2-3-4-6-15-12(17)16-9-11-8-10(13)5-7-14-11/h5,7-8H,2-4,6,9H2,1H3,(H2,15,16,17). The van der Waals surface area contributed by atoms with E-state index in [0.717, 1.165) is 25.0 Å². The minimum absolute atomic E-state index is 0.164. The van der Waals surface area contributed by atoms with E-state index in [1.165, 1.54) is 0 Å². The number of halogens is 1. The predicted molar refractivity (Wildman–Crippen MR) is 69.0 cm³/mol. The number of hydrogen-bond acceptors (Lipinski definition) is 2. The SMILES string of the molecule is CCCCCNC(=O)NCc1cc(Cl)ccn1. The summed E-state index contributed by atoms with van der Waals surface area (Å²) in [5.41, 5.74) is 0.751. The first-order valence-corrected chi connectivity index (χ1v) is 6.22. The van der Waals surface area contributed by atoms with Gasteiger partial charge in [-0.2, -0.15) is 0 Å². The minimum atomic E-state index is -0.164. The molecule has 0 radical (unpaired) electrons. The van der Waals surface area contributed by atoms with E-state index in [4.69, 9.17) is 11.6 Å². The summed E-state index contributed by atoms with van der Waals surface area (Å²) in [6.45, 7) is 3.23. The lowest BCUT2D eigenvalue weighted by atomic mass is 10.2. The van der Waals surface area contributed by atoms with Crippen LogP contribution in [0.2, 0.25) is 5.02 Å². The molecule has 0 bridgehead atoms. The molecule has 94 valence electrons. The molecule has 2 N–H and O–H groups in total. The van der Waals surface area contributed by atoms with Crippen LogP contribution < -0.4 is 10.6 Å². The molecule has 5 heteroatoms. The van der Waals surface area contributed by atoms with E-state index in [1.807, 2.05) is 0 Å². The summed E-state index contributed by atoms with van der Waals surface area (Å²) in [6.07, 6.45) is 4.92. The number of nitrogens with zero attached hydrogens (tertiary/aromatic N) is 1. The molecular weight excluding hydrogens is 238 g/mol. The monoisotopic (exact) mass is 255 g/mol. The molecule has 0 spiro atoms. The number of amides is 2. The van der Waals surface area contributed by atoms with Crippen molar-refractivity contribution in [2.45, 2.75) is 32.7 Å².